The van der Waals surface area contributed by atoms with Crippen LogP contribution in [0.5, 0.6) is 0 Å². The van der Waals surface area contributed by atoms with Crippen LogP contribution in [-0.2, 0) is 0 Å². The summed E-state index contributed by atoms with van der Waals surface area (Å²) in [6, 6.07) is 0. The molecule has 0 aromatic heterocycles. The average molecular weight is 366 g/mol. The fraction of sp³-hybridized carbons (Fsp3) is 1.00. The van der Waals surface area contributed by atoms with E-state index in [4.69, 9.17) is 0 Å². The first-order valence-corrected chi connectivity index (χ1v) is 7.09. The Balaban J connectivity index is 2.65. The average Bonchev–Trinajstić information content (AvgIpc) is 1.97. The third-order valence-corrected chi connectivity index (χ3v) is 3.04. The molecule has 0 nitrogen and oxygen atoms in total. The van der Waals surface area contributed by atoms with E-state index in [0.717, 1.165) is 0 Å². The second-order valence-corrected chi connectivity index (χ2v) is 4.66. The molecular weight excluding hydrogens is 350 g/mol. The van der Waals surface area contributed by atoms with E-state index >= 15 is 0 Å². The van der Waals surface area contributed by atoms with Crippen LogP contribution < -0.4 is 0 Å². The minimum atomic E-state index is 1.34. The van der Waals surface area contributed by atoms with Gasteiger partial charge in [0.05, 0.1) is 0 Å². The lowest BCUT2D eigenvalue weighted by Crippen LogP contribution is -1.80. The molecule has 10 heavy (non-hydrogen) atoms. The van der Waals surface area contributed by atoms with E-state index in [0.29, 0.717) is 0 Å². The summed E-state index contributed by atoms with van der Waals surface area (Å²) >= 11 is 4.91. The quantitative estimate of drug-likeness (QED) is 0.360. The largest absolute Gasteiger partial charge is 0.0864 e. The minimum absolute atomic E-state index is 1.34. The molecule has 0 rings (SSSR count). The highest BCUT2D eigenvalue weighted by atomic mass is 127. The first-order valence-electron chi connectivity index (χ1n) is 4.03. The van der Waals surface area contributed by atoms with Crippen LogP contribution in [0.25, 0.3) is 0 Å². The smallest absolute Gasteiger partial charge is 0.000473 e. The second kappa shape index (κ2) is 10.5. The van der Waals surface area contributed by atoms with Crippen LogP contribution in [0, 0.1) is 0 Å². The van der Waals surface area contributed by atoms with Crippen molar-refractivity contribution in [2.24, 2.45) is 0 Å². The van der Waals surface area contributed by atoms with E-state index in [1.807, 2.05) is 0 Å². The number of rotatable bonds is 7. The van der Waals surface area contributed by atoms with Crippen LogP contribution in [0.1, 0.15) is 38.5 Å². The molecule has 0 unspecified atom stereocenters. The highest BCUT2D eigenvalue weighted by Gasteiger charge is 1.88. The SMILES string of the molecule is ICCCCCCCCI. The number of halogens is 2. The Morgan fingerprint density at radius 3 is 1.10 bits per heavy atom. The summed E-state index contributed by atoms with van der Waals surface area (Å²) in [7, 11) is 0. The van der Waals surface area contributed by atoms with Gasteiger partial charge in [0, 0.05) is 0 Å². The Kier molecular flexibility index (Phi) is 12.0. The van der Waals surface area contributed by atoms with Crippen LogP contribution in [-0.4, -0.2) is 8.86 Å². The standard InChI is InChI=1S/C8H16I2/c9-7-5-3-1-2-4-6-8-10/h1-8H2. The number of hydrogen-bond acceptors (Lipinski definition) is 0. The van der Waals surface area contributed by atoms with Crippen molar-refractivity contribution in [1.29, 1.82) is 0 Å². The first-order chi connectivity index (χ1) is 4.91. The van der Waals surface area contributed by atoms with Crippen molar-refractivity contribution in [3.05, 3.63) is 0 Å². The zero-order chi connectivity index (χ0) is 7.66. The van der Waals surface area contributed by atoms with Crippen molar-refractivity contribution >= 4 is 45.2 Å². The molecule has 0 amide bonds. The molecule has 0 aromatic rings. The van der Waals surface area contributed by atoms with Gasteiger partial charge in [0.25, 0.3) is 0 Å². The van der Waals surface area contributed by atoms with E-state index in [-0.39, 0.29) is 0 Å². The number of unbranched alkanes of at least 4 members (excludes halogenated alkanes) is 5. The molecule has 0 fully saturated rings. The zero-order valence-electron chi connectivity index (χ0n) is 6.41. The van der Waals surface area contributed by atoms with E-state index in [1.54, 1.807) is 0 Å². The van der Waals surface area contributed by atoms with Crippen molar-refractivity contribution in [1.82, 2.24) is 0 Å². The summed E-state index contributed by atoms with van der Waals surface area (Å²) in [6.07, 6.45) is 8.66. The molecule has 0 N–H and O–H groups in total. The lowest BCUT2D eigenvalue weighted by atomic mass is 10.1. The van der Waals surface area contributed by atoms with E-state index in [1.165, 1.54) is 47.4 Å². The molecule has 0 saturated carbocycles. The second-order valence-electron chi connectivity index (χ2n) is 2.50. The van der Waals surface area contributed by atoms with Crippen molar-refractivity contribution in [2.75, 3.05) is 8.86 Å². The molecule has 0 aliphatic heterocycles. The monoisotopic (exact) mass is 366 g/mol. The highest BCUT2D eigenvalue weighted by Crippen LogP contribution is 2.07. The maximum absolute atomic E-state index is 2.45. The van der Waals surface area contributed by atoms with Crippen LogP contribution in [0.4, 0.5) is 0 Å². The first kappa shape index (κ1) is 11.5. The van der Waals surface area contributed by atoms with Gasteiger partial charge < -0.3 is 0 Å². The molecule has 0 heterocycles. The van der Waals surface area contributed by atoms with Crippen molar-refractivity contribution in [3.8, 4) is 0 Å². The predicted molar refractivity (Wildman–Crippen MR) is 65.5 cm³/mol. The van der Waals surface area contributed by atoms with Crippen molar-refractivity contribution < 1.29 is 0 Å². The Morgan fingerprint density at radius 2 is 0.800 bits per heavy atom. The van der Waals surface area contributed by atoms with Gasteiger partial charge >= 0.3 is 0 Å². The van der Waals surface area contributed by atoms with Crippen molar-refractivity contribution in [2.45, 2.75) is 38.5 Å². The van der Waals surface area contributed by atoms with Gasteiger partial charge in [-0.15, -0.1) is 0 Å². The van der Waals surface area contributed by atoms with Gasteiger partial charge in [-0.3, -0.25) is 0 Å². The van der Waals surface area contributed by atoms with Gasteiger partial charge in [0.1, 0.15) is 0 Å². The maximum Gasteiger partial charge on any atom is -0.000473 e. The lowest BCUT2D eigenvalue weighted by Gasteiger charge is -1.96. The lowest BCUT2D eigenvalue weighted by molar-refractivity contribution is 0.633. The molecule has 0 aliphatic carbocycles. The Bertz CT molecular complexity index is 47.2. The van der Waals surface area contributed by atoms with Gasteiger partial charge in [0.2, 0.25) is 0 Å². The van der Waals surface area contributed by atoms with E-state index < -0.39 is 0 Å². The molecule has 0 spiro atoms. The molecular formula is C8H16I2. The molecule has 0 atom stereocenters. The summed E-state index contributed by atoms with van der Waals surface area (Å²) in [5, 5.41) is 0. The molecule has 0 radical (unpaired) electrons. The Labute approximate surface area is 91.8 Å². The molecule has 0 aromatic carbocycles. The van der Waals surface area contributed by atoms with Gasteiger partial charge in [-0.2, -0.15) is 0 Å². The summed E-state index contributed by atoms with van der Waals surface area (Å²) in [5.41, 5.74) is 0. The summed E-state index contributed by atoms with van der Waals surface area (Å²) in [5.74, 6) is 0. The minimum Gasteiger partial charge on any atom is -0.0864 e. The van der Waals surface area contributed by atoms with Gasteiger partial charge in [-0.1, -0.05) is 70.9 Å². The molecule has 0 saturated heterocycles. The fourth-order valence-corrected chi connectivity index (χ4v) is 1.97. The van der Waals surface area contributed by atoms with E-state index in [2.05, 4.69) is 45.2 Å². The number of alkyl halides is 2. The summed E-state index contributed by atoms with van der Waals surface area (Å²) < 4.78 is 2.67. The topological polar surface area (TPSA) is 0 Å². The van der Waals surface area contributed by atoms with Gasteiger partial charge in [-0.05, 0) is 21.7 Å². The Morgan fingerprint density at radius 1 is 0.500 bits per heavy atom. The summed E-state index contributed by atoms with van der Waals surface area (Å²) in [6.45, 7) is 0. The van der Waals surface area contributed by atoms with Gasteiger partial charge in [-0.25, -0.2) is 0 Å². The van der Waals surface area contributed by atoms with Crippen molar-refractivity contribution in [3.63, 3.8) is 0 Å². The third kappa shape index (κ3) is 9.46. The fourth-order valence-electron chi connectivity index (χ4n) is 0.896. The number of hydrogen-bond donors (Lipinski definition) is 0. The van der Waals surface area contributed by atoms with E-state index in [9.17, 15) is 0 Å². The molecule has 2 heteroatoms. The normalized spacial score (nSPS) is 10.2. The molecule has 62 valence electrons. The molecule has 0 aliphatic rings. The van der Waals surface area contributed by atoms with Gasteiger partial charge in [0.15, 0.2) is 0 Å². The van der Waals surface area contributed by atoms with Crippen LogP contribution >= 0.6 is 45.2 Å². The summed E-state index contributed by atoms with van der Waals surface area (Å²) in [4.78, 5) is 0. The third-order valence-electron chi connectivity index (χ3n) is 1.52. The maximum atomic E-state index is 2.45. The Hall–Kier alpha value is 1.46. The molecule has 0 bridgehead atoms. The van der Waals surface area contributed by atoms with Crippen LogP contribution in [0.2, 0.25) is 0 Å². The predicted octanol–water partition coefficient (Wildman–Crippen LogP) is 4.20. The highest BCUT2D eigenvalue weighted by molar-refractivity contribution is 14.1. The van der Waals surface area contributed by atoms with Crippen LogP contribution in [0.15, 0.2) is 0 Å². The van der Waals surface area contributed by atoms with Crippen LogP contribution in [0.3, 0.4) is 0 Å². The zero-order valence-corrected chi connectivity index (χ0v) is 10.7.